The Kier molecular flexibility index (Phi) is 4.86. The highest BCUT2D eigenvalue weighted by Crippen LogP contribution is 2.38. The molecule has 0 unspecified atom stereocenters. The van der Waals surface area contributed by atoms with E-state index >= 15 is 0 Å². The average Bonchev–Trinajstić information content (AvgIpc) is 3.52. The number of amides is 1. The van der Waals surface area contributed by atoms with E-state index < -0.39 is 17.2 Å². The number of alkyl halides is 1. The first kappa shape index (κ1) is 18.9. The number of nitrogens with zero attached hydrogens (tertiary/aromatic N) is 3. The number of pyridine rings is 1. The predicted molar refractivity (Wildman–Crippen MR) is 106 cm³/mol. The first-order valence-corrected chi connectivity index (χ1v) is 10.2. The highest BCUT2D eigenvalue weighted by atomic mass is 79.9. The zero-order chi connectivity index (χ0) is 20.0. The third-order valence-electron chi connectivity index (χ3n) is 5.36. The van der Waals surface area contributed by atoms with Crippen molar-refractivity contribution in [3.8, 4) is 0 Å². The summed E-state index contributed by atoms with van der Waals surface area (Å²) in [5.41, 5.74) is -0.0887. The molecule has 1 amide bonds. The summed E-state index contributed by atoms with van der Waals surface area (Å²) in [4.78, 5) is 39.3. The van der Waals surface area contributed by atoms with Gasteiger partial charge < -0.3 is 19.5 Å². The minimum Gasteiger partial charge on any atom is -0.477 e. The molecule has 7 nitrogen and oxygen atoms in total. The van der Waals surface area contributed by atoms with Gasteiger partial charge in [-0.05, 0) is 25.0 Å². The summed E-state index contributed by atoms with van der Waals surface area (Å²) >= 11 is 3.16. The monoisotopic (exact) mass is 451 g/mol. The zero-order valence-electron chi connectivity index (χ0n) is 15.0. The lowest BCUT2D eigenvalue weighted by Crippen LogP contribution is -2.49. The van der Waals surface area contributed by atoms with E-state index in [9.17, 15) is 23.9 Å². The number of piperazine rings is 1. The molecule has 0 atom stereocenters. The molecule has 1 aliphatic carbocycles. The maximum Gasteiger partial charge on any atom is 0.341 e. The van der Waals surface area contributed by atoms with Crippen molar-refractivity contribution >= 4 is 44.4 Å². The van der Waals surface area contributed by atoms with E-state index in [-0.39, 0.29) is 28.2 Å². The molecule has 2 heterocycles. The molecule has 1 N–H and O–H groups in total. The van der Waals surface area contributed by atoms with Gasteiger partial charge in [-0.2, -0.15) is 0 Å². The number of aromatic nitrogens is 1. The molecule has 2 aliphatic rings. The van der Waals surface area contributed by atoms with E-state index in [1.54, 1.807) is 15.5 Å². The van der Waals surface area contributed by atoms with Crippen LogP contribution in [0.3, 0.4) is 0 Å². The lowest BCUT2D eigenvalue weighted by Gasteiger charge is -2.36. The molecule has 1 aromatic heterocycles. The third-order valence-corrected chi connectivity index (χ3v) is 5.84. The number of rotatable bonds is 4. The zero-order valence-corrected chi connectivity index (χ0v) is 16.6. The Labute approximate surface area is 168 Å². The molecule has 28 heavy (non-hydrogen) atoms. The summed E-state index contributed by atoms with van der Waals surface area (Å²) in [6.07, 6.45) is 3.17. The van der Waals surface area contributed by atoms with E-state index in [0.29, 0.717) is 37.4 Å². The molecule has 148 valence electrons. The van der Waals surface area contributed by atoms with Crippen LogP contribution in [0.1, 0.15) is 29.2 Å². The van der Waals surface area contributed by atoms with E-state index in [1.807, 2.05) is 4.90 Å². The third kappa shape index (κ3) is 3.28. The molecular formula is C19H19BrFN3O4. The second kappa shape index (κ2) is 7.20. The summed E-state index contributed by atoms with van der Waals surface area (Å²) in [7, 11) is 0. The summed E-state index contributed by atoms with van der Waals surface area (Å²) < 4.78 is 16.6. The van der Waals surface area contributed by atoms with Crippen molar-refractivity contribution in [3.05, 3.63) is 39.9 Å². The molecular weight excluding hydrogens is 433 g/mol. The number of carboxylic acid groups (broad SMARTS) is 1. The summed E-state index contributed by atoms with van der Waals surface area (Å²) in [6, 6.07) is 2.92. The minimum atomic E-state index is -1.31. The van der Waals surface area contributed by atoms with E-state index in [4.69, 9.17) is 0 Å². The first-order valence-electron chi connectivity index (χ1n) is 9.11. The van der Waals surface area contributed by atoms with Gasteiger partial charge in [0.1, 0.15) is 11.4 Å². The summed E-state index contributed by atoms with van der Waals surface area (Å²) in [5.74, 6) is -1.87. The van der Waals surface area contributed by atoms with Crippen molar-refractivity contribution in [2.24, 2.45) is 0 Å². The van der Waals surface area contributed by atoms with Gasteiger partial charge >= 0.3 is 5.97 Å². The van der Waals surface area contributed by atoms with Crippen molar-refractivity contribution < 1.29 is 19.1 Å². The highest BCUT2D eigenvalue weighted by Gasteiger charge is 2.28. The average molecular weight is 452 g/mol. The van der Waals surface area contributed by atoms with Crippen molar-refractivity contribution in [2.75, 3.05) is 36.4 Å². The fraction of sp³-hybridized carbons (Fsp3) is 0.421. The smallest absolute Gasteiger partial charge is 0.341 e. The number of carbonyl (C=O) groups is 2. The number of halogens is 2. The number of carbonyl (C=O) groups excluding carboxylic acids is 1. The molecule has 1 saturated heterocycles. The van der Waals surface area contributed by atoms with Crippen LogP contribution in [0.4, 0.5) is 10.1 Å². The number of aromatic carboxylic acids is 1. The molecule has 0 bridgehead atoms. The Morgan fingerprint density at radius 1 is 1.18 bits per heavy atom. The van der Waals surface area contributed by atoms with Crippen LogP contribution in [-0.4, -0.2) is 58.0 Å². The van der Waals surface area contributed by atoms with Crippen LogP contribution in [0.2, 0.25) is 0 Å². The van der Waals surface area contributed by atoms with Crippen LogP contribution in [0.25, 0.3) is 10.9 Å². The van der Waals surface area contributed by atoms with Crippen molar-refractivity contribution in [1.82, 2.24) is 9.47 Å². The molecule has 1 saturated carbocycles. The maximum absolute atomic E-state index is 14.9. The number of benzene rings is 1. The Hall–Kier alpha value is -2.42. The van der Waals surface area contributed by atoms with Gasteiger partial charge in [0, 0.05) is 43.8 Å². The van der Waals surface area contributed by atoms with Gasteiger partial charge in [0.15, 0.2) is 0 Å². The fourth-order valence-corrected chi connectivity index (χ4v) is 4.04. The number of hydrogen-bond donors (Lipinski definition) is 1. The molecule has 1 aromatic carbocycles. The van der Waals surface area contributed by atoms with Gasteiger partial charge in [-0.3, -0.25) is 9.59 Å². The fourth-order valence-electron chi connectivity index (χ4n) is 3.69. The largest absolute Gasteiger partial charge is 0.477 e. The molecule has 0 radical (unpaired) electrons. The maximum atomic E-state index is 14.9. The Morgan fingerprint density at radius 3 is 2.43 bits per heavy atom. The van der Waals surface area contributed by atoms with Crippen LogP contribution in [0.5, 0.6) is 0 Å². The molecule has 2 fully saturated rings. The second-order valence-electron chi connectivity index (χ2n) is 7.14. The van der Waals surface area contributed by atoms with Gasteiger partial charge in [-0.15, -0.1) is 0 Å². The second-order valence-corrected chi connectivity index (χ2v) is 7.70. The van der Waals surface area contributed by atoms with Crippen molar-refractivity contribution in [1.29, 1.82) is 0 Å². The van der Waals surface area contributed by atoms with Crippen LogP contribution in [-0.2, 0) is 4.79 Å². The normalized spacial score (nSPS) is 17.2. The predicted octanol–water partition coefficient (Wildman–Crippen LogP) is 2.22. The summed E-state index contributed by atoms with van der Waals surface area (Å²) in [5, 5.41) is 9.66. The van der Waals surface area contributed by atoms with E-state index in [2.05, 4.69) is 15.9 Å². The molecule has 0 spiro atoms. The van der Waals surface area contributed by atoms with Crippen LogP contribution >= 0.6 is 15.9 Å². The van der Waals surface area contributed by atoms with Crippen molar-refractivity contribution in [2.45, 2.75) is 18.9 Å². The van der Waals surface area contributed by atoms with E-state index in [1.165, 1.54) is 6.20 Å². The Balaban J connectivity index is 1.75. The van der Waals surface area contributed by atoms with Crippen LogP contribution < -0.4 is 10.3 Å². The highest BCUT2D eigenvalue weighted by molar-refractivity contribution is 9.09. The van der Waals surface area contributed by atoms with Gasteiger partial charge in [0.2, 0.25) is 11.3 Å². The topological polar surface area (TPSA) is 82.8 Å². The minimum absolute atomic E-state index is 0.00223. The van der Waals surface area contributed by atoms with Gasteiger partial charge in [0.05, 0.1) is 16.5 Å². The number of carboxylic acids is 1. The number of hydrogen-bond acceptors (Lipinski definition) is 4. The van der Waals surface area contributed by atoms with Crippen LogP contribution in [0.15, 0.2) is 23.1 Å². The van der Waals surface area contributed by atoms with Crippen molar-refractivity contribution in [3.63, 3.8) is 0 Å². The van der Waals surface area contributed by atoms with Gasteiger partial charge in [-0.1, -0.05) is 15.9 Å². The van der Waals surface area contributed by atoms with E-state index in [0.717, 1.165) is 18.9 Å². The SMILES string of the molecule is O=C(O)c1cn(C2CC2)c2cc(N3CCN(C(=O)CBr)CC3)c(F)cc2c1=O. The molecule has 1 aliphatic heterocycles. The first-order chi connectivity index (χ1) is 13.4. The van der Waals surface area contributed by atoms with Gasteiger partial charge in [-0.25, -0.2) is 9.18 Å². The molecule has 9 heteroatoms. The lowest BCUT2D eigenvalue weighted by atomic mass is 10.1. The number of fused-ring (bicyclic) bond motifs is 1. The Bertz CT molecular complexity index is 1030. The lowest BCUT2D eigenvalue weighted by molar-refractivity contribution is -0.128. The standard InChI is InChI=1S/C19H19BrFN3O4/c20-9-17(25)23-5-3-22(4-6-23)16-8-15-12(7-14(16)21)18(26)13(19(27)28)10-24(15)11-1-2-11/h7-8,10-11H,1-6,9H2,(H,27,28). The quantitative estimate of drug-likeness (QED) is 0.720. The molecule has 2 aromatic rings. The molecule has 4 rings (SSSR count). The Morgan fingerprint density at radius 2 is 1.86 bits per heavy atom. The van der Waals surface area contributed by atoms with Crippen LogP contribution in [0, 0.1) is 5.82 Å². The number of anilines is 1. The van der Waals surface area contributed by atoms with Gasteiger partial charge in [0.25, 0.3) is 0 Å². The summed E-state index contributed by atoms with van der Waals surface area (Å²) in [6.45, 7) is 1.97.